The average Bonchev–Trinajstić information content (AvgIpc) is 2.81. The molecule has 2 aromatic rings. The Hall–Kier alpha value is 0.246. The molecule has 0 amide bonds. The molecular formula is C32H51KO3S. The van der Waals surface area contributed by atoms with Crippen molar-refractivity contribution in [3.63, 3.8) is 0 Å². The summed E-state index contributed by atoms with van der Waals surface area (Å²) in [7, 11) is -4.55. The zero-order valence-electron chi connectivity index (χ0n) is 24.5. The maximum atomic E-state index is 12.5. The van der Waals surface area contributed by atoms with Gasteiger partial charge in [0, 0.05) is 0 Å². The Kier molecular flexibility index (Phi) is 18.4. The van der Waals surface area contributed by atoms with Crippen LogP contribution in [0, 0.1) is 11.8 Å². The van der Waals surface area contributed by atoms with Crippen molar-refractivity contribution in [3.8, 4) is 0 Å². The molecule has 0 aliphatic rings. The standard InChI is InChI=1S/C32H52O3S.K/c1-26(2)19-13-9-5-7-11-15-21-28-25-29-22-17-18-24-31(29)32(36(33,34)35)30(28)23-16-12-8-6-10-14-20-27(3)4;/h17-18,22,24-27H,5-16,19-21,23H2,1-4H3,(H,33,34,35);/q;+1/p-1. The van der Waals surface area contributed by atoms with Gasteiger partial charge in [-0.25, -0.2) is 8.42 Å². The minimum Gasteiger partial charge on any atom is -0.744 e. The molecule has 0 radical (unpaired) electrons. The zero-order chi connectivity index (χ0) is 26.4. The minimum atomic E-state index is -4.55. The molecule has 0 saturated heterocycles. The van der Waals surface area contributed by atoms with Gasteiger partial charge < -0.3 is 4.55 Å². The fourth-order valence-electron chi connectivity index (χ4n) is 5.33. The second kappa shape index (κ2) is 19.3. The summed E-state index contributed by atoms with van der Waals surface area (Å²) in [6.45, 7) is 9.12. The molecule has 0 unspecified atom stereocenters. The van der Waals surface area contributed by atoms with E-state index in [1.54, 1.807) is 6.07 Å². The molecule has 0 N–H and O–H groups in total. The summed E-state index contributed by atoms with van der Waals surface area (Å²) in [5, 5.41) is 1.45. The third-order valence-corrected chi connectivity index (χ3v) is 8.35. The minimum absolute atomic E-state index is 0. The Morgan fingerprint density at radius 2 is 1.14 bits per heavy atom. The van der Waals surface area contributed by atoms with Crippen LogP contribution in [0.25, 0.3) is 10.8 Å². The first kappa shape index (κ1) is 35.3. The number of unbranched alkanes of at least 4 members (excludes halogenated alkanes) is 10. The normalized spacial score (nSPS) is 12.0. The number of rotatable bonds is 19. The van der Waals surface area contributed by atoms with Crippen molar-refractivity contribution in [1.29, 1.82) is 0 Å². The molecule has 0 aromatic heterocycles. The van der Waals surface area contributed by atoms with Crippen LogP contribution in [-0.2, 0) is 23.0 Å². The van der Waals surface area contributed by atoms with E-state index in [-0.39, 0.29) is 56.3 Å². The smallest absolute Gasteiger partial charge is 0.744 e. The van der Waals surface area contributed by atoms with E-state index < -0.39 is 10.1 Å². The Labute approximate surface area is 271 Å². The van der Waals surface area contributed by atoms with Gasteiger partial charge in [-0.1, -0.05) is 135 Å². The first-order valence-corrected chi connectivity index (χ1v) is 16.1. The summed E-state index contributed by atoms with van der Waals surface area (Å²) in [6.07, 6.45) is 18.5. The third-order valence-electron chi connectivity index (χ3n) is 7.38. The molecule has 2 aromatic carbocycles. The molecule has 0 bridgehead atoms. The van der Waals surface area contributed by atoms with Crippen molar-refractivity contribution in [3.05, 3.63) is 41.5 Å². The molecule has 0 spiro atoms. The molecule has 0 heterocycles. The van der Waals surface area contributed by atoms with Gasteiger partial charge in [-0.2, -0.15) is 0 Å². The SMILES string of the molecule is CC(C)CCCCCCCCc1cc2ccccc2c(S(=O)(=O)[O-])c1CCCCCCCCC(C)C.[K+]. The van der Waals surface area contributed by atoms with Crippen molar-refractivity contribution in [2.75, 3.05) is 0 Å². The van der Waals surface area contributed by atoms with E-state index in [2.05, 4.69) is 33.8 Å². The number of hydrogen-bond donors (Lipinski definition) is 0. The van der Waals surface area contributed by atoms with Crippen molar-refractivity contribution in [2.45, 2.75) is 135 Å². The molecule has 0 atom stereocenters. The Bertz CT molecular complexity index is 999. The molecule has 3 nitrogen and oxygen atoms in total. The molecular weight excluding hydrogens is 504 g/mol. The molecule has 2 rings (SSSR count). The van der Waals surface area contributed by atoms with E-state index in [9.17, 15) is 13.0 Å². The largest absolute Gasteiger partial charge is 1.00 e. The number of benzene rings is 2. The van der Waals surface area contributed by atoms with Gasteiger partial charge >= 0.3 is 51.4 Å². The van der Waals surface area contributed by atoms with E-state index in [1.807, 2.05) is 18.2 Å². The first-order valence-electron chi connectivity index (χ1n) is 14.7. The quantitative estimate of drug-likeness (QED) is 0.112. The topological polar surface area (TPSA) is 57.2 Å². The Morgan fingerprint density at radius 1 is 0.676 bits per heavy atom. The molecule has 5 heteroatoms. The van der Waals surface area contributed by atoms with Gasteiger partial charge in [-0.05, 0) is 59.4 Å². The molecule has 0 aliphatic heterocycles. The maximum Gasteiger partial charge on any atom is 1.00 e. The van der Waals surface area contributed by atoms with Crippen LogP contribution in [0.2, 0.25) is 0 Å². The number of aryl methyl sites for hydroxylation is 1. The van der Waals surface area contributed by atoms with Crippen molar-refractivity contribution in [1.82, 2.24) is 0 Å². The molecule has 0 aliphatic carbocycles. The number of fused-ring (bicyclic) bond motifs is 1. The predicted octanol–water partition coefficient (Wildman–Crippen LogP) is 6.61. The maximum absolute atomic E-state index is 12.5. The fraction of sp³-hybridized carbons (Fsp3) is 0.688. The summed E-state index contributed by atoms with van der Waals surface area (Å²) in [6, 6.07) is 9.62. The molecule has 0 saturated carbocycles. The monoisotopic (exact) mass is 554 g/mol. The number of hydrogen-bond acceptors (Lipinski definition) is 3. The summed E-state index contributed by atoms with van der Waals surface area (Å²) in [5.74, 6) is 1.56. The van der Waals surface area contributed by atoms with Gasteiger partial charge in [0.05, 0.1) is 4.90 Å². The third kappa shape index (κ3) is 13.9. The van der Waals surface area contributed by atoms with Crippen LogP contribution in [0.3, 0.4) is 0 Å². The van der Waals surface area contributed by atoms with Crippen molar-refractivity contribution >= 4 is 20.9 Å². The summed E-state index contributed by atoms with van der Waals surface area (Å²) >= 11 is 0. The second-order valence-electron chi connectivity index (χ2n) is 11.6. The summed E-state index contributed by atoms with van der Waals surface area (Å²) < 4.78 is 37.4. The first-order chi connectivity index (χ1) is 17.2. The van der Waals surface area contributed by atoms with Gasteiger partial charge in [0.1, 0.15) is 10.1 Å². The van der Waals surface area contributed by atoms with Gasteiger partial charge in [0.15, 0.2) is 0 Å². The van der Waals surface area contributed by atoms with Gasteiger partial charge in [-0.15, -0.1) is 0 Å². The van der Waals surface area contributed by atoms with Crippen LogP contribution < -0.4 is 51.4 Å². The van der Waals surface area contributed by atoms with E-state index in [0.717, 1.165) is 60.5 Å². The Balaban J connectivity index is 0.00000684. The van der Waals surface area contributed by atoms with Gasteiger partial charge in [0.25, 0.3) is 0 Å². The van der Waals surface area contributed by atoms with Crippen molar-refractivity contribution < 1.29 is 64.4 Å². The Morgan fingerprint density at radius 3 is 1.65 bits per heavy atom. The van der Waals surface area contributed by atoms with Crippen LogP contribution in [0.4, 0.5) is 0 Å². The second-order valence-corrected chi connectivity index (χ2v) is 12.9. The predicted molar refractivity (Wildman–Crippen MR) is 154 cm³/mol. The van der Waals surface area contributed by atoms with Crippen LogP contribution in [-0.4, -0.2) is 13.0 Å². The molecule has 37 heavy (non-hydrogen) atoms. The zero-order valence-corrected chi connectivity index (χ0v) is 28.4. The van der Waals surface area contributed by atoms with Crippen LogP contribution in [0.15, 0.2) is 35.2 Å². The van der Waals surface area contributed by atoms with Crippen molar-refractivity contribution in [2.24, 2.45) is 11.8 Å². The van der Waals surface area contributed by atoms with Gasteiger partial charge in [0.2, 0.25) is 0 Å². The van der Waals surface area contributed by atoms with E-state index >= 15 is 0 Å². The van der Waals surface area contributed by atoms with E-state index in [0.29, 0.717) is 11.8 Å². The average molecular weight is 555 g/mol. The van der Waals surface area contributed by atoms with E-state index in [1.165, 1.54) is 64.2 Å². The van der Waals surface area contributed by atoms with Crippen LogP contribution in [0.5, 0.6) is 0 Å². The van der Waals surface area contributed by atoms with Crippen LogP contribution in [0.1, 0.15) is 129 Å². The summed E-state index contributed by atoms with van der Waals surface area (Å²) in [5.41, 5.74) is 1.86. The van der Waals surface area contributed by atoms with E-state index in [4.69, 9.17) is 0 Å². The summed E-state index contributed by atoms with van der Waals surface area (Å²) in [4.78, 5) is 0.0428. The fourth-order valence-corrected chi connectivity index (χ4v) is 6.32. The molecule has 0 fully saturated rings. The molecule has 204 valence electrons. The van der Waals surface area contributed by atoms with Crippen LogP contribution >= 0.6 is 0 Å². The van der Waals surface area contributed by atoms with Gasteiger partial charge in [-0.3, -0.25) is 0 Å².